The summed E-state index contributed by atoms with van der Waals surface area (Å²) in [5.41, 5.74) is 0.660. The first-order valence-electron chi connectivity index (χ1n) is 6.90. The molecule has 0 saturated carbocycles. The minimum Gasteiger partial charge on any atom is -0.345 e. The number of halogens is 2. The molecule has 0 bridgehead atoms. The molecule has 0 N–H and O–H groups in total. The highest BCUT2D eigenvalue weighted by Gasteiger charge is 2.22. The standard InChI is InChI=1S/C16H16Cl2N2O3S/c1-19(2)16(21)14-9-6-12(10-15(14)18)20(3)24(22,23)13-7-4-11(17)5-8-13/h4-10H,1-3H3. The van der Waals surface area contributed by atoms with Crippen LogP contribution in [0.1, 0.15) is 10.4 Å². The van der Waals surface area contributed by atoms with Gasteiger partial charge in [0.25, 0.3) is 15.9 Å². The zero-order valence-electron chi connectivity index (χ0n) is 13.3. The molecule has 0 saturated heterocycles. The van der Waals surface area contributed by atoms with Crippen LogP contribution in [0.5, 0.6) is 0 Å². The molecule has 5 nitrogen and oxygen atoms in total. The largest absolute Gasteiger partial charge is 0.345 e. The van der Waals surface area contributed by atoms with Crippen LogP contribution in [0.3, 0.4) is 0 Å². The third-order valence-corrected chi connectivity index (χ3v) is 5.79. The van der Waals surface area contributed by atoms with Gasteiger partial charge in [0.15, 0.2) is 0 Å². The molecule has 0 radical (unpaired) electrons. The van der Waals surface area contributed by atoms with Crippen molar-refractivity contribution >= 4 is 44.8 Å². The summed E-state index contributed by atoms with van der Waals surface area (Å²) in [6.45, 7) is 0. The van der Waals surface area contributed by atoms with Crippen LogP contribution in [-0.4, -0.2) is 40.4 Å². The molecule has 0 fully saturated rings. The molecule has 0 aliphatic carbocycles. The summed E-state index contributed by atoms with van der Waals surface area (Å²) in [7, 11) is 0.895. The Kier molecular flexibility index (Phi) is 5.42. The van der Waals surface area contributed by atoms with E-state index in [-0.39, 0.29) is 15.8 Å². The molecule has 0 atom stereocenters. The van der Waals surface area contributed by atoms with Gasteiger partial charge in [-0.2, -0.15) is 0 Å². The topological polar surface area (TPSA) is 57.7 Å². The van der Waals surface area contributed by atoms with E-state index in [1.54, 1.807) is 14.1 Å². The van der Waals surface area contributed by atoms with Crippen LogP contribution in [-0.2, 0) is 10.0 Å². The second-order valence-corrected chi connectivity index (χ2v) is 8.10. The second-order valence-electron chi connectivity index (χ2n) is 5.29. The van der Waals surface area contributed by atoms with E-state index >= 15 is 0 Å². The zero-order chi connectivity index (χ0) is 18.1. The van der Waals surface area contributed by atoms with E-state index in [1.807, 2.05) is 0 Å². The normalized spacial score (nSPS) is 11.2. The summed E-state index contributed by atoms with van der Waals surface area (Å²) in [5, 5.41) is 0.635. The van der Waals surface area contributed by atoms with Crippen molar-refractivity contribution in [2.45, 2.75) is 4.90 Å². The van der Waals surface area contributed by atoms with E-state index in [4.69, 9.17) is 23.2 Å². The third kappa shape index (κ3) is 3.66. The number of nitrogens with zero attached hydrogens (tertiary/aromatic N) is 2. The van der Waals surface area contributed by atoms with E-state index in [9.17, 15) is 13.2 Å². The van der Waals surface area contributed by atoms with Gasteiger partial charge in [0.2, 0.25) is 0 Å². The molecular weight excluding hydrogens is 371 g/mol. The van der Waals surface area contributed by atoms with Crippen LogP contribution in [0.15, 0.2) is 47.4 Å². The van der Waals surface area contributed by atoms with Crippen molar-refractivity contribution in [2.24, 2.45) is 0 Å². The van der Waals surface area contributed by atoms with Gasteiger partial charge in [-0.15, -0.1) is 0 Å². The number of anilines is 1. The van der Waals surface area contributed by atoms with Gasteiger partial charge in [0, 0.05) is 26.2 Å². The first-order valence-corrected chi connectivity index (χ1v) is 9.10. The lowest BCUT2D eigenvalue weighted by atomic mass is 10.2. The van der Waals surface area contributed by atoms with E-state index < -0.39 is 10.0 Å². The first-order chi connectivity index (χ1) is 11.1. The predicted molar refractivity (Wildman–Crippen MR) is 96.5 cm³/mol. The number of amides is 1. The Morgan fingerprint density at radius 1 is 0.958 bits per heavy atom. The number of carbonyl (C=O) groups is 1. The van der Waals surface area contributed by atoms with Crippen molar-refractivity contribution in [3.05, 3.63) is 58.1 Å². The molecule has 2 rings (SSSR count). The monoisotopic (exact) mass is 386 g/mol. The van der Waals surface area contributed by atoms with Crippen LogP contribution in [0, 0.1) is 0 Å². The van der Waals surface area contributed by atoms with E-state index in [1.165, 1.54) is 54.4 Å². The fourth-order valence-electron chi connectivity index (χ4n) is 2.02. The van der Waals surface area contributed by atoms with Gasteiger partial charge < -0.3 is 4.90 Å². The number of hydrogen-bond donors (Lipinski definition) is 0. The fourth-order valence-corrected chi connectivity index (χ4v) is 3.59. The minimum absolute atomic E-state index is 0.110. The van der Waals surface area contributed by atoms with Gasteiger partial charge in [-0.25, -0.2) is 8.42 Å². The van der Waals surface area contributed by atoms with Crippen molar-refractivity contribution in [3.63, 3.8) is 0 Å². The maximum absolute atomic E-state index is 12.6. The summed E-state index contributed by atoms with van der Waals surface area (Å²) in [5.74, 6) is -0.255. The Hall–Kier alpha value is -1.76. The lowest BCUT2D eigenvalue weighted by Gasteiger charge is -2.21. The highest BCUT2D eigenvalue weighted by atomic mass is 35.5. The lowest BCUT2D eigenvalue weighted by molar-refractivity contribution is 0.0828. The average molecular weight is 387 g/mol. The zero-order valence-corrected chi connectivity index (χ0v) is 15.7. The second kappa shape index (κ2) is 7.01. The number of benzene rings is 2. The Balaban J connectivity index is 2.39. The molecule has 0 unspecified atom stereocenters. The Morgan fingerprint density at radius 3 is 2.04 bits per heavy atom. The molecule has 0 aromatic heterocycles. The molecular formula is C16H16Cl2N2O3S. The van der Waals surface area contributed by atoms with E-state index in [0.29, 0.717) is 16.3 Å². The summed E-state index contributed by atoms with van der Waals surface area (Å²) < 4.78 is 26.4. The summed E-state index contributed by atoms with van der Waals surface area (Å²) in [6, 6.07) is 10.4. The summed E-state index contributed by atoms with van der Waals surface area (Å²) in [6.07, 6.45) is 0. The smallest absolute Gasteiger partial charge is 0.264 e. The SMILES string of the molecule is CN(C)C(=O)c1ccc(N(C)S(=O)(=O)c2ccc(Cl)cc2)cc1Cl. The summed E-state index contributed by atoms with van der Waals surface area (Å²) in [4.78, 5) is 13.5. The van der Waals surface area contributed by atoms with Crippen LogP contribution in [0.25, 0.3) is 0 Å². The molecule has 1 amide bonds. The number of sulfonamides is 1. The summed E-state index contributed by atoms with van der Waals surface area (Å²) >= 11 is 11.9. The van der Waals surface area contributed by atoms with Crippen LogP contribution in [0.4, 0.5) is 5.69 Å². The minimum atomic E-state index is -3.75. The van der Waals surface area contributed by atoms with Crippen LogP contribution < -0.4 is 4.31 Å². The maximum Gasteiger partial charge on any atom is 0.264 e. The molecule has 0 spiro atoms. The quantitative estimate of drug-likeness (QED) is 0.807. The Bertz CT molecular complexity index is 865. The van der Waals surface area contributed by atoms with Crippen molar-refractivity contribution in [1.29, 1.82) is 0 Å². The lowest BCUT2D eigenvalue weighted by Crippen LogP contribution is -2.27. The third-order valence-electron chi connectivity index (χ3n) is 3.42. The molecule has 2 aromatic rings. The van der Waals surface area contributed by atoms with Crippen molar-refractivity contribution in [3.8, 4) is 0 Å². The van der Waals surface area contributed by atoms with Crippen LogP contribution in [0.2, 0.25) is 10.0 Å². The van der Waals surface area contributed by atoms with Gasteiger partial charge in [-0.1, -0.05) is 23.2 Å². The maximum atomic E-state index is 12.6. The molecule has 8 heteroatoms. The first kappa shape index (κ1) is 18.6. The molecule has 0 aliphatic heterocycles. The highest BCUT2D eigenvalue weighted by molar-refractivity contribution is 7.92. The number of rotatable bonds is 4. The van der Waals surface area contributed by atoms with Gasteiger partial charge in [0.05, 0.1) is 21.2 Å². The van der Waals surface area contributed by atoms with E-state index in [0.717, 1.165) is 4.31 Å². The number of carbonyl (C=O) groups excluding carboxylic acids is 1. The molecule has 128 valence electrons. The predicted octanol–water partition coefficient (Wildman–Crippen LogP) is 3.52. The van der Waals surface area contributed by atoms with Crippen molar-refractivity contribution in [2.75, 3.05) is 25.4 Å². The molecule has 24 heavy (non-hydrogen) atoms. The molecule has 0 heterocycles. The number of hydrogen-bond acceptors (Lipinski definition) is 3. The molecule has 0 aliphatic rings. The van der Waals surface area contributed by atoms with Gasteiger partial charge in [-0.05, 0) is 42.5 Å². The fraction of sp³-hybridized carbons (Fsp3) is 0.188. The van der Waals surface area contributed by atoms with Gasteiger partial charge >= 0.3 is 0 Å². The van der Waals surface area contributed by atoms with Gasteiger partial charge in [0.1, 0.15) is 0 Å². The van der Waals surface area contributed by atoms with Crippen molar-refractivity contribution < 1.29 is 13.2 Å². The van der Waals surface area contributed by atoms with E-state index in [2.05, 4.69) is 0 Å². The molecule has 2 aromatic carbocycles. The Labute approximate surface area is 151 Å². The van der Waals surface area contributed by atoms with Crippen LogP contribution >= 0.6 is 23.2 Å². The van der Waals surface area contributed by atoms with Crippen molar-refractivity contribution in [1.82, 2.24) is 4.90 Å². The average Bonchev–Trinajstić information content (AvgIpc) is 2.53. The Morgan fingerprint density at radius 2 is 1.54 bits per heavy atom. The van der Waals surface area contributed by atoms with Gasteiger partial charge in [-0.3, -0.25) is 9.10 Å². The highest BCUT2D eigenvalue weighted by Crippen LogP contribution is 2.28.